The number of hydrogen-bond acceptors (Lipinski definition) is 5. The number of carbonyl (C=O) groups is 1. The zero-order valence-corrected chi connectivity index (χ0v) is 13.2. The van der Waals surface area contributed by atoms with Gasteiger partial charge in [-0.25, -0.2) is 4.79 Å². The average molecular weight is 387 g/mol. The van der Waals surface area contributed by atoms with Gasteiger partial charge in [-0.05, 0) is 6.07 Å². The lowest BCUT2D eigenvalue weighted by atomic mass is 10.1. The molecule has 2 N–H and O–H groups in total. The van der Waals surface area contributed by atoms with Gasteiger partial charge >= 0.3 is 18.4 Å². The summed E-state index contributed by atoms with van der Waals surface area (Å²) >= 11 is 0. The van der Waals surface area contributed by atoms with Gasteiger partial charge in [0.15, 0.2) is 0 Å². The van der Waals surface area contributed by atoms with Gasteiger partial charge in [0.05, 0.1) is 12.7 Å². The summed E-state index contributed by atoms with van der Waals surface area (Å²) in [6.45, 7) is -0.534. The van der Waals surface area contributed by atoms with Crippen molar-refractivity contribution in [2.45, 2.75) is 24.6 Å². The molecule has 0 aliphatic carbocycles. The van der Waals surface area contributed by atoms with Gasteiger partial charge in [0, 0.05) is 31.4 Å². The van der Waals surface area contributed by atoms with Crippen molar-refractivity contribution in [3.05, 3.63) is 29.6 Å². The third-order valence-electron chi connectivity index (χ3n) is 3.65. The quantitative estimate of drug-likeness (QED) is 0.804. The number of hydrogen-bond donors (Lipinski definition) is 1. The molecular formula is C14H15F6N3O3. The number of nitrogens with two attached hydrogens (primary N) is 1. The number of morpholine rings is 1. The molecule has 2 heterocycles. The molecule has 1 aliphatic rings. The SMILES string of the molecule is NC(=O)O[C@@H](CN1CCO[C@H](c2ccc(C(F)(F)F)nc2)C1)C(F)(F)F. The van der Waals surface area contributed by atoms with Crippen LogP contribution in [0, 0.1) is 0 Å². The highest BCUT2D eigenvalue weighted by Crippen LogP contribution is 2.30. The van der Waals surface area contributed by atoms with Gasteiger partial charge in [0.25, 0.3) is 0 Å². The summed E-state index contributed by atoms with van der Waals surface area (Å²) < 4.78 is 85.8. The van der Waals surface area contributed by atoms with Crippen molar-refractivity contribution in [3.8, 4) is 0 Å². The summed E-state index contributed by atoms with van der Waals surface area (Å²) in [5, 5.41) is 0. The van der Waals surface area contributed by atoms with Crippen LogP contribution in [0.15, 0.2) is 18.3 Å². The van der Waals surface area contributed by atoms with E-state index < -0.39 is 42.9 Å². The maximum Gasteiger partial charge on any atom is 0.433 e. The first-order valence-electron chi connectivity index (χ1n) is 7.36. The van der Waals surface area contributed by atoms with Gasteiger partial charge in [-0.15, -0.1) is 0 Å². The molecule has 12 heteroatoms. The van der Waals surface area contributed by atoms with E-state index in [0.29, 0.717) is 5.56 Å². The lowest BCUT2D eigenvalue weighted by Crippen LogP contribution is -2.48. The second-order valence-electron chi connectivity index (χ2n) is 5.56. The number of primary amides is 1. The smallest absolute Gasteiger partial charge is 0.433 e. The second-order valence-corrected chi connectivity index (χ2v) is 5.56. The largest absolute Gasteiger partial charge is 0.435 e. The molecule has 1 saturated heterocycles. The molecule has 6 nitrogen and oxygen atoms in total. The highest BCUT2D eigenvalue weighted by Gasteiger charge is 2.44. The normalized spacial score (nSPS) is 20.6. The van der Waals surface area contributed by atoms with E-state index in [-0.39, 0.29) is 19.7 Å². The van der Waals surface area contributed by atoms with Crippen molar-refractivity contribution >= 4 is 6.09 Å². The standard InChI is InChI=1S/C14H15F6N3O3/c15-13(16,17)10-2-1-8(5-22-10)9-6-23(3-4-25-9)7-11(14(18,19)20)26-12(21)24/h1-2,5,9,11H,3-4,6-7H2,(H2,21,24)/t9-,11-/m0/s1. The van der Waals surface area contributed by atoms with Gasteiger partial charge in [-0.3, -0.25) is 9.88 Å². The molecule has 1 fully saturated rings. The van der Waals surface area contributed by atoms with Crippen LogP contribution in [-0.2, 0) is 15.7 Å². The number of pyridine rings is 1. The average Bonchev–Trinajstić information content (AvgIpc) is 2.52. The van der Waals surface area contributed by atoms with E-state index in [1.54, 1.807) is 0 Å². The molecular weight excluding hydrogens is 372 g/mol. The van der Waals surface area contributed by atoms with Gasteiger partial charge in [0.1, 0.15) is 5.69 Å². The molecule has 146 valence electrons. The van der Waals surface area contributed by atoms with E-state index in [4.69, 9.17) is 4.74 Å². The fourth-order valence-corrected chi connectivity index (χ4v) is 2.42. The second kappa shape index (κ2) is 7.66. The summed E-state index contributed by atoms with van der Waals surface area (Å²) in [4.78, 5) is 15.3. The number of carbonyl (C=O) groups excluding carboxylic acids is 1. The molecule has 0 radical (unpaired) electrons. The van der Waals surface area contributed by atoms with Crippen molar-refractivity contribution in [3.63, 3.8) is 0 Å². The zero-order valence-electron chi connectivity index (χ0n) is 13.2. The fraction of sp³-hybridized carbons (Fsp3) is 0.571. The summed E-state index contributed by atoms with van der Waals surface area (Å²) in [6.07, 6.45) is -13.2. The lowest BCUT2D eigenvalue weighted by Gasteiger charge is -2.35. The van der Waals surface area contributed by atoms with E-state index in [9.17, 15) is 31.1 Å². The van der Waals surface area contributed by atoms with Crippen molar-refractivity contribution in [1.82, 2.24) is 9.88 Å². The van der Waals surface area contributed by atoms with Crippen LogP contribution >= 0.6 is 0 Å². The van der Waals surface area contributed by atoms with E-state index in [2.05, 4.69) is 15.5 Å². The maximum atomic E-state index is 12.9. The number of rotatable bonds is 4. The summed E-state index contributed by atoms with van der Waals surface area (Å²) in [5.41, 5.74) is 3.87. The van der Waals surface area contributed by atoms with E-state index >= 15 is 0 Å². The van der Waals surface area contributed by atoms with Crippen molar-refractivity contribution in [1.29, 1.82) is 0 Å². The van der Waals surface area contributed by atoms with Crippen LogP contribution in [0.4, 0.5) is 31.1 Å². The summed E-state index contributed by atoms with van der Waals surface area (Å²) in [7, 11) is 0. The third-order valence-corrected chi connectivity index (χ3v) is 3.65. The fourth-order valence-electron chi connectivity index (χ4n) is 2.42. The Morgan fingerprint density at radius 2 is 2.04 bits per heavy atom. The Kier molecular flexibility index (Phi) is 5.96. The number of nitrogens with zero attached hydrogens (tertiary/aromatic N) is 2. The van der Waals surface area contributed by atoms with Crippen LogP contribution in [-0.4, -0.2) is 54.5 Å². The van der Waals surface area contributed by atoms with Crippen LogP contribution in [0.5, 0.6) is 0 Å². The molecule has 1 aliphatic heterocycles. The predicted molar refractivity (Wildman–Crippen MR) is 74.9 cm³/mol. The van der Waals surface area contributed by atoms with Gasteiger partial charge in [-0.1, -0.05) is 6.07 Å². The number of alkyl halides is 6. The van der Waals surface area contributed by atoms with Crippen LogP contribution in [0.3, 0.4) is 0 Å². The third kappa shape index (κ3) is 5.46. The number of ether oxygens (including phenoxy) is 2. The maximum absolute atomic E-state index is 12.9. The monoisotopic (exact) mass is 387 g/mol. The summed E-state index contributed by atoms with van der Waals surface area (Å²) in [6, 6.07) is 1.93. The summed E-state index contributed by atoms with van der Waals surface area (Å²) in [5.74, 6) is 0. The zero-order chi connectivity index (χ0) is 19.5. The van der Waals surface area contributed by atoms with Crippen LogP contribution in [0.1, 0.15) is 17.4 Å². The predicted octanol–water partition coefficient (Wildman–Crippen LogP) is 2.50. The van der Waals surface area contributed by atoms with Gasteiger partial charge in [-0.2, -0.15) is 26.3 Å². The van der Waals surface area contributed by atoms with E-state index in [1.807, 2.05) is 0 Å². The molecule has 2 atom stereocenters. The minimum absolute atomic E-state index is 0.0399. The Morgan fingerprint density at radius 1 is 1.35 bits per heavy atom. The minimum Gasteiger partial charge on any atom is -0.435 e. The van der Waals surface area contributed by atoms with E-state index in [0.717, 1.165) is 18.3 Å². The molecule has 0 saturated carbocycles. The molecule has 0 spiro atoms. The molecule has 1 amide bonds. The number of aromatic nitrogens is 1. The molecule has 0 bridgehead atoms. The van der Waals surface area contributed by atoms with Gasteiger partial charge < -0.3 is 15.2 Å². The molecule has 1 aromatic rings. The number of halogens is 6. The first kappa shape index (κ1) is 20.2. The van der Waals surface area contributed by atoms with Gasteiger partial charge in [0.2, 0.25) is 6.10 Å². The highest BCUT2D eigenvalue weighted by molar-refractivity contribution is 5.64. The molecule has 1 aromatic heterocycles. The Labute approximate surface area is 143 Å². The van der Waals surface area contributed by atoms with Crippen molar-refractivity contribution in [2.75, 3.05) is 26.2 Å². The van der Waals surface area contributed by atoms with E-state index in [1.165, 1.54) is 4.90 Å². The topological polar surface area (TPSA) is 77.7 Å². The first-order chi connectivity index (χ1) is 12.0. The molecule has 26 heavy (non-hydrogen) atoms. The van der Waals surface area contributed by atoms with Crippen LogP contribution < -0.4 is 5.73 Å². The van der Waals surface area contributed by atoms with Crippen LogP contribution in [0.2, 0.25) is 0 Å². The Hall–Kier alpha value is -2.08. The minimum atomic E-state index is -4.81. The van der Waals surface area contributed by atoms with Crippen molar-refractivity contribution in [2.24, 2.45) is 5.73 Å². The van der Waals surface area contributed by atoms with Crippen LogP contribution in [0.25, 0.3) is 0 Å². The molecule has 0 unspecified atom stereocenters. The lowest BCUT2D eigenvalue weighted by molar-refractivity contribution is -0.210. The Bertz CT molecular complexity index is 620. The van der Waals surface area contributed by atoms with Crippen molar-refractivity contribution < 1.29 is 40.6 Å². The Balaban J connectivity index is 2.05. The Morgan fingerprint density at radius 3 is 2.54 bits per heavy atom. The molecule has 2 rings (SSSR count). The number of amides is 1. The first-order valence-corrected chi connectivity index (χ1v) is 7.36. The highest BCUT2D eigenvalue weighted by atomic mass is 19.4. The molecule has 0 aromatic carbocycles.